The maximum absolute atomic E-state index is 12.4. The number of nitrogens with one attached hydrogen (secondary N) is 2. The second kappa shape index (κ2) is 5.96. The summed E-state index contributed by atoms with van der Waals surface area (Å²) < 4.78 is 27.6. The zero-order chi connectivity index (χ0) is 15.6. The molecule has 0 radical (unpaired) electrons. The van der Waals surface area contributed by atoms with Gasteiger partial charge in [0.1, 0.15) is 0 Å². The lowest BCUT2D eigenvalue weighted by molar-refractivity contribution is 0.281. The Balaban J connectivity index is 2.46. The molecular weight excluding hydrogens is 362 g/mol. The SMILES string of the molecule is Cc1c(Br)cc(CO)cc1S(=O)(=O)Nc1ccc(=O)[nH]n1. The summed E-state index contributed by atoms with van der Waals surface area (Å²) >= 11 is 3.26. The van der Waals surface area contributed by atoms with Gasteiger partial charge in [-0.25, -0.2) is 13.5 Å². The number of halogens is 1. The molecule has 3 N–H and O–H groups in total. The number of aromatic nitrogens is 2. The van der Waals surface area contributed by atoms with E-state index < -0.39 is 15.6 Å². The van der Waals surface area contributed by atoms with E-state index in [1.165, 1.54) is 12.1 Å². The van der Waals surface area contributed by atoms with Crippen LogP contribution in [-0.4, -0.2) is 23.7 Å². The summed E-state index contributed by atoms with van der Waals surface area (Å²) in [6.45, 7) is 1.36. The topological polar surface area (TPSA) is 112 Å². The minimum absolute atomic E-state index is 0.000441. The van der Waals surface area contributed by atoms with E-state index in [1.54, 1.807) is 13.0 Å². The van der Waals surface area contributed by atoms with Gasteiger partial charge in [-0.2, -0.15) is 5.10 Å². The number of nitrogens with zero attached hydrogens (tertiary/aromatic N) is 1. The van der Waals surface area contributed by atoms with Crippen LogP contribution in [0, 0.1) is 6.92 Å². The molecule has 1 heterocycles. The normalized spacial score (nSPS) is 11.4. The molecule has 7 nitrogen and oxygen atoms in total. The van der Waals surface area contributed by atoms with Gasteiger partial charge in [-0.1, -0.05) is 15.9 Å². The van der Waals surface area contributed by atoms with Crippen LogP contribution in [0.15, 0.2) is 38.4 Å². The molecule has 0 aliphatic carbocycles. The average Bonchev–Trinajstić information content (AvgIpc) is 2.43. The predicted molar refractivity (Wildman–Crippen MR) is 80.5 cm³/mol. The number of aliphatic hydroxyl groups excluding tert-OH is 1. The van der Waals surface area contributed by atoms with Crippen LogP contribution in [0.5, 0.6) is 0 Å². The third-order valence-corrected chi connectivity index (χ3v) is 5.05. The Bertz CT molecular complexity index is 812. The lowest BCUT2D eigenvalue weighted by atomic mass is 10.2. The van der Waals surface area contributed by atoms with Gasteiger partial charge >= 0.3 is 0 Å². The average molecular weight is 374 g/mol. The maximum Gasteiger partial charge on any atom is 0.264 e. The van der Waals surface area contributed by atoms with Crippen LogP contribution in [0.1, 0.15) is 11.1 Å². The Morgan fingerprint density at radius 1 is 1.38 bits per heavy atom. The van der Waals surface area contributed by atoms with Crippen LogP contribution < -0.4 is 10.3 Å². The molecule has 1 aromatic heterocycles. The molecule has 2 aromatic rings. The van der Waals surface area contributed by atoms with Gasteiger partial charge in [-0.3, -0.25) is 9.52 Å². The molecule has 2 rings (SSSR count). The van der Waals surface area contributed by atoms with Gasteiger partial charge in [-0.15, -0.1) is 0 Å². The third kappa shape index (κ3) is 3.49. The predicted octanol–water partition coefficient (Wildman–Crippen LogP) is 1.13. The van der Waals surface area contributed by atoms with Crippen molar-refractivity contribution in [3.05, 3.63) is 50.2 Å². The van der Waals surface area contributed by atoms with Gasteiger partial charge in [0.2, 0.25) is 0 Å². The highest BCUT2D eigenvalue weighted by atomic mass is 79.9. The van der Waals surface area contributed by atoms with Crippen LogP contribution in [0.2, 0.25) is 0 Å². The van der Waals surface area contributed by atoms with Crippen molar-refractivity contribution in [1.29, 1.82) is 0 Å². The first-order chi connectivity index (χ1) is 9.83. The zero-order valence-electron chi connectivity index (χ0n) is 10.9. The number of benzene rings is 1. The summed E-state index contributed by atoms with van der Waals surface area (Å²) in [5.41, 5.74) is 0.533. The standard InChI is InChI=1S/C12H12BrN3O4S/c1-7-9(13)4-8(6-17)5-10(7)21(19,20)16-11-2-3-12(18)15-14-11/h2-5,17H,6H2,1H3,(H,14,16)(H,15,18). The van der Waals surface area contributed by atoms with Gasteiger partial charge in [0, 0.05) is 10.5 Å². The minimum atomic E-state index is -3.89. The lowest BCUT2D eigenvalue weighted by Gasteiger charge is -2.12. The Morgan fingerprint density at radius 2 is 2.10 bits per heavy atom. The molecule has 0 aliphatic rings. The lowest BCUT2D eigenvalue weighted by Crippen LogP contribution is -2.17. The Kier molecular flexibility index (Phi) is 4.45. The van der Waals surface area contributed by atoms with Gasteiger partial charge in [0.15, 0.2) is 5.82 Å². The number of hydrogen-bond acceptors (Lipinski definition) is 5. The van der Waals surface area contributed by atoms with Gasteiger partial charge in [0.05, 0.1) is 11.5 Å². The quantitative estimate of drug-likeness (QED) is 0.743. The maximum atomic E-state index is 12.4. The highest BCUT2D eigenvalue weighted by Crippen LogP contribution is 2.27. The smallest absolute Gasteiger partial charge is 0.264 e. The van der Waals surface area contributed by atoms with E-state index in [0.717, 1.165) is 6.07 Å². The molecule has 1 aromatic carbocycles. The molecule has 9 heteroatoms. The molecule has 0 bridgehead atoms. The number of anilines is 1. The number of aliphatic hydroxyl groups is 1. The number of aromatic amines is 1. The van der Waals surface area contributed by atoms with E-state index in [0.29, 0.717) is 15.6 Å². The van der Waals surface area contributed by atoms with Crippen LogP contribution in [0.25, 0.3) is 0 Å². The molecule has 0 saturated heterocycles. The molecule has 0 aliphatic heterocycles. The van der Waals surface area contributed by atoms with Crippen molar-refractivity contribution in [1.82, 2.24) is 10.2 Å². The highest BCUT2D eigenvalue weighted by molar-refractivity contribution is 9.10. The van der Waals surface area contributed by atoms with Crippen LogP contribution >= 0.6 is 15.9 Å². The van der Waals surface area contributed by atoms with E-state index >= 15 is 0 Å². The van der Waals surface area contributed by atoms with E-state index in [2.05, 4.69) is 30.8 Å². The first-order valence-corrected chi connectivity index (χ1v) is 8.09. The minimum Gasteiger partial charge on any atom is -0.392 e. The molecule has 0 unspecified atom stereocenters. The third-order valence-electron chi connectivity index (χ3n) is 2.75. The van der Waals surface area contributed by atoms with Crippen molar-refractivity contribution in [2.75, 3.05) is 4.72 Å². The van der Waals surface area contributed by atoms with Crippen LogP contribution in [0.4, 0.5) is 5.82 Å². The molecule has 112 valence electrons. The van der Waals surface area contributed by atoms with Crippen molar-refractivity contribution in [3.63, 3.8) is 0 Å². The Labute approximate surface area is 129 Å². The highest BCUT2D eigenvalue weighted by Gasteiger charge is 2.20. The summed E-state index contributed by atoms with van der Waals surface area (Å²) in [7, 11) is -3.89. The van der Waals surface area contributed by atoms with Crippen molar-refractivity contribution in [2.45, 2.75) is 18.4 Å². The summed E-state index contributed by atoms with van der Waals surface area (Å²) in [6.07, 6.45) is 0. The first-order valence-electron chi connectivity index (χ1n) is 5.82. The van der Waals surface area contributed by atoms with Gasteiger partial charge in [0.25, 0.3) is 15.6 Å². The van der Waals surface area contributed by atoms with Crippen molar-refractivity contribution < 1.29 is 13.5 Å². The summed E-state index contributed by atoms with van der Waals surface area (Å²) in [5, 5.41) is 14.9. The second-order valence-corrected chi connectivity index (χ2v) is 6.78. The van der Waals surface area contributed by atoms with Crippen molar-refractivity contribution in [2.24, 2.45) is 0 Å². The molecule has 0 spiro atoms. The van der Waals surface area contributed by atoms with Gasteiger partial charge < -0.3 is 5.11 Å². The number of H-pyrrole nitrogens is 1. The molecule has 0 fully saturated rings. The molecule has 0 atom stereocenters. The molecule has 21 heavy (non-hydrogen) atoms. The van der Waals surface area contributed by atoms with E-state index in [9.17, 15) is 18.3 Å². The molecular formula is C12H12BrN3O4S. The Morgan fingerprint density at radius 3 is 2.67 bits per heavy atom. The van der Waals surface area contributed by atoms with Gasteiger partial charge in [-0.05, 0) is 36.2 Å². The number of hydrogen-bond donors (Lipinski definition) is 3. The fraction of sp³-hybridized carbons (Fsp3) is 0.167. The fourth-order valence-corrected chi connectivity index (χ4v) is 3.63. The van der Waals surface area contributed by atoms with Crippen LogP contribution in [-0.2, 0) is 16.6 Å². The zero-order valence-corrected chi connectivity index (χ0v) is 13.3. The number of rotatable bonds is 4. The van der Waals surface area contributed by atoms with Crippen molar-refractivity contribution in [3.8, 4) is 0 Å². The fourth-order valence-electron chi connectivity index (χ4n) is 1.67. The summed E-state index contributed by atoms with van der Waals surface area (Å²) in [6, 6.07) is 5.45. The summed E-state index contributed by atoms with van der Waals surface area (Å²) in [5.74, 6) is -0.000441. The monoisotopic (exact) mass is 373 g/mol. The molecule has 0 saturated carbocycles. The van der Waals surface area contributed by atoms with E-state index in [-0.39, 0.29) is 17.3 Å². The number of sulfonamides is 1. The van der Waals surface area contributed by atoms with E-state index in [4.69, 9.17) is 0 Å². The van der Waals surface area contributed by atoms with Crippen LogP contribution in [0.3, 0.4) is 0 Å². The molecule has 0 amide bonds. The second-order valence-electron chi connectivity index (χ2n) is 4.27. The summed E-state index contributed by atoms with van der Waals surface area (Å²) in [4.78, 5) is 10.9. The van der Waals surface area contributed by atoms with E-state index in [1.807, 2.05) is 0 Å². The Hall–Kier alpha value is -1.71. The first kappa shape index (κ1) is 15.7. The largest absolute Gasteiger partial charge is 0.392 e. The van der Waals surface area contributed by atoms with Crippen molar-refractivity contribution >= 4 is 31.8 Å².